The summed E-state index contributed by atoms with van der Waals surface area (Å²) in [6, 6.07) is 52.0. The number of fused-ring (bicyclic) bond motifs is 2. The van der Waals surface area contributed by atoms with Crippen LogP contribution in [0.3, 0.4) is 0 Å². The van der Waals surface area contributed by atoms with Gasteiger partial charge >= 0.3 is 0 Å². The summed E-state index contributed by atoms with van der Waals surface area (Å²) in [7, 11) is 0. The van der Waals surface area contributed by atoms with Crippen LogP contribution in [0.4, 0.5) is 0 Å². The number of rotatable bonds is 5. The normalized spacial score (nSPS) is 13.0. The van der Waals surface area contributed by atoms with Crippen LogP contribution in [0, 0.1) is 33.0 Å². The number of nitrogens with zero attached hydrogens (tertiary/aromatic N) is 3. The van der Waals surface area contributed by atoms with Crippen molar-refractivity contribution in [2.24, 2.45) is 0 Å². The molecule has 3 aromatic heterocycles. The van der Waals surface area contributed by atoms with Gasteiger partial charge in [-0.3, -0.25) is 4.98 Å². The van der Waals surface area contributed by atoms with Crippen molar-refractivity contribution in [3.05, 3.63) is 187 Å². The molecule has 9 rings (SSSR count). The average Bonchev–Trinajstić information content (AvgIpc) is 3.82. The Morgan fingerprint density at radius 1 is 0.673 bits per heavy atom. The van der Waals surface area contributed by atoms with Gasteiger partial charge in [0, 0.05) is 57.5 Å². The molecular formula is C47H35IrN3O-2. The summed E-state index contributed by atoms with van der Waals surface area (Å²) >= 11 is 0. The van der Waals surface area contributed by atoms with Crippen molar-refractivity contribution in [3.8, 4) is 50.6 Å². The molecule has 0 atom stereocenters. The van der Waals surface area contributed by atoms with Gasteiger partial charge in [-0.15, -0.1) is 42.0 Å². The monoisotopic (exact) mass is 856 g/mol. The topological polar surface area (TPSA) is 43.9 Å². The van der Waals surface area contributed by atoms with Gasteiger partial charge in [0.05, 0.1) is 22.5 Å². The van der Waals surface area contributed by atoms with Gasteiger partial charge < -0.3 is 14.0 Å². The number of pyridine rings is 1. The predicted octanol–water partition coefficient (Wildman–Crippen LogP) is 12.0. The molecule has 0 bridgehead atoms. The van der Waals surface area contributed by atoms with E-state index >= 15 is 0 Å². The summed E-state index contributed by atoms with van der Waals surface area (Å²) in [5.74, 6) is 0.671. The molecule has 0 fully saturated rings. The van der Waals surface area contributed by atoms with Gasteiger partial charge in [0.2, 0.25) is 0 Å². The second kappa shape index (κ2) is 15.2. The third-order valence-corrected chi connectivity index (χ3v) is 8.69. The largest absolute Gasteiger partial charge is 0.557 e. The van der Waals surface area contributed by atoms with Crippen molar-refractivity contribution in [3.63, 3.8) is 0 Å². The Hall–Kier alpha value is -5.87. The Labute approximate surface area is 326 Å². The number of benzene rings is 6. The smallest absolute Gasteiger partial charge is 0.0774 e. The van der Waals surface area contributed by atoms with Crippen LogP contribution in [-0.2, 0) is 20.1 Å². The van der Waals surface area contributed by atoms with Crippen molar-refractivity contribution in [2.75, 3.05) is 0 Å². The molecule has 0 unspecified atom stereocenters. The number of hydrogen-bond acceptors (Lipinski definition) is 3. The maximum atomic E-state index is 7.83. The number of furan rings is 1. The van der Waals surface area contributed by atoms with E-state index in [1.807, 2.05) is 48.5 Å². The zero-order valence-electron chi connectivity index (χ0n) is 34.1. The first-order valence-electron chi connectivity index (χ1n) is 19.6. The first kappa shape index (κ1) is 27.8. The molecule has 52 heavy (non-hydrogen) atoms. The number of para-hydroxylation sites is 2. The van der Waals surface area contributed by atoms with Crippen LogP contribution in [0.2, 0.25) is 0 Å². The fourth-order valence-corrected chi connectivity index (χ4v) is 6.36. The third-order valence-electron chi connectivity index (χ3n) is 8.69. The summed E-state index contributed by atoms with van der Waals surface area (Å²) in [5.41, 5.74) is 11.5. The molecule has 0 aliphatic rings. The quantitative estimate of drug-likeness (QED) is 0.162. The number of aromatic nitrogens is 3. The Bertz CT molecular complexity index is 2760. The summed E-state index contributed by atoms with van der Waals surface area (Å²) in [6.07, 6.45) is 4.46. The van der Waals surface area contributed by atoms with Gasteiger partial charge in [-0.05, 0) is 72.8 Å². The molecule has 0 saturated carbocycles. The number of imidazole rings is 1. The van der Waals surface area contributed by atoms with Gasteiger partial charge in [0.25, 0.3) is 0 Å². The molecule has 0 aliphatic carbocycles. The Morgan fingerprint density at radius 3 is 2.00 bits per heavy atom. The average molecular weight is 856 g/mol. The molecule has 4 nitrogen and oxygen atoms in total. The van der Waals surface area contributed by atoms with Crippen LogP contribution in [-0.4, -0.2) is 14.5 Å². The molecule has 255 valence electrons. The van der Waals surface area contributed by atoms with Crippen molar-refractivity contribution in [1.82, 2.24) is 14.5 Å². The molecule has 6 aromatic carbocycles. The van der Waals surface area contributed by atoms with Gasteiger partial charge in [0.1, 0.15) is 0 Å². The molecule has 9 aromatic rings. The zero-order valence-corrected chi connectivity index (χ0v) is 30.5. The predicted molar refractivity (Wildman–Crippen MR) is 209 cm³/mol. The Morgan fingerprint density at radius 2 is 1.35 bits per heavy atom. The molecule has 1 radical (unpaired) electrons. The third kappa shape index (κ3) is 6.89. The van der Waals surface area contributed by atoms with E-state index in [0.29, 0.717) is 17.0 Å². The van der Waals surface area contributed by atoms with Crippen LogP contribution in [0.15, 0.2) is 162 Å². The molecule has 0 aliphatic heterocycles. The van der Waals surface area contributed by atoms with Crippen molar-refractivity contribution in [1.29, 1.82) is 0 Å². The molecule has 0 N–H and O–H groups in total. The number of hydrogen-bond donors (Lipinski definition) is 0. The van der Waals surface area contributed by atoms with E-state index in [-0.39, 0.29) is 31.2 Å². The maximum absolute atomic E-state index is 7.83. The van der Waals surface area contributed by atoms with E-state index in [2.05, 4.69) is 95.5 Å². The van der Waals surface area contributed by atoms with Crippen LogP contribution in [0.5, 0.6) is 0 Å². The fourth-order valence-electron chi connectivity index (χ4n) is 6.36. The minimum atomic E-state index is -2.23. The first-order valence-corrected chi connectivity index (χ1v) is 16.6. The Kier molecular flexibility index (Phi) is 8.11. The molecule has 0 spiro atoms. The van der Waals surface area contributed by atoms with Crippen molar-refractivity contribution < 1.29 is 32.7 Å². The molecular weight excluding hydrogens is 815 g/mol. The number of aryl methyl sites for hydroxylation is 3. The molecule has 3 heterocycles. The fraction of sp³-hybridized carbons (Fsp3) is 0.0638. The Balaban J connectivity index is 0.000000254. The van der Waals surface area contributed by atoms with Crippen LogP contribution in [0.1, 0.15) is 24.9 Å². The van der Waals surface area contributed by atoms with Crippen molar-refractivity contribution in [2.45, 2.75) is 20.6 Å². The minimum absolute atomic E-state index is 0. The van der Waals surface area contributed by atoms with Gasteiger partial charge in [-0.1, -0.05) is 114 Å². The van der Waals surface area contributed by atoms with E-state index < -0.39 is 13.7 Å². The molecule has 5 heteroatoms. The summed E-state index contributed by atoms with van der Waals surface area (Å²) < 4.78 is 53.2. The van der Waals surface area contributed by atoms with E-state index in [1.165, 1.54) is 6.20 Å². The van der Waals surface area contributed by atoms with Crippen molar-refractivity contribution >= 4 is 22.0 Å². The zero-order chi connectivity index (χ0) is 39.7. The second-order valence-corrected chi connectivity index (χ2v) is 12.2. The molecule has 0 amide bonds. The van der Waals surface area contributed by atoms with Crippen LogP contribution < -0.4 is 0 Å². The van der Waals surface area contributed by atoms with Crippen LogP contribution in [0.25, 0.3) is 72.6 Å². The second-order valence-electron chi connectivity index (χ2n) is 12.2. The van der Waals surface area contributed by atoms with Gasteiger partial charge in [-0.25, -0.2) is 0 Å². The summed E-state index contributed by atoms with van der Waals surface area (Å²) in [5, 5.41) is 0.754. The van der Waals surface area contributed by atoms with E-state index in [0.717, 1.165) is 61.2 Å². The van der Waals surface area contributed by atoms with E-state index in [1.54, 1.807) is 36.4 Å². The summed E-state index contributed by atoms with van der Waals surface area (Å²) in [6.45, 7) is -2.20. The standard InChI is InChI=1S/C35H25N2O.C12H10N.Ir/c1-23-17-18-27-30(22-38-33(27)21-23)35-36-31-15-9-10-16-32(31)37(35)34-28(25-11-5-3-6-12-25)19-24(2)20-29(34)26-13-7-4-8-14-26;1-10-7-8-12(13-9-10)11-5-3-2-4-6-11;/h3-21H,1-2H3;2-5,7-9H,1H3;/q2*-1;/i2*1D3;. The SMILES string of the molecule is [2H]C([2H])([2H])c1ccc(-c2[c-]cccc2)nc1.[2H]C([2H])([2H])c1ccc2c(-c3nc4ccccc4n3-c3c(-c4ccccc4)cc(C)cc3-c3ccccc3)[c-]oc2c1.[Ir]. The van der Waals surface area contributed by atoms with E-state index in [9.17, 15) is 0 Å². The van der Waals surface area contributed by atoms with E-state index in [4.69, 9.17) is 17.6 Å². The summed E-state index contributed by atoms with van der Waals surface area (Å²) in [4.78, 5) is 9.23. The maximum Gasteiger partial charge on any atom is 0.0774 e. The first-order chi connectivity index (χ1) is 27.5. The van der Waals surface area contributed by atoms with Gasteiger partial charge in [0.15, 0.2) is 0 Å². The minimum Gasteiger partial charge on any atom is -0.557 e. The van der Waals surface area contributed by atoms with Gasteiger partial charge in [-0.2, -0.15) is 0 Å². The molecule has 0 saturated heterocycles. The van der Waals surface area contributed by atoms with Crippen LogP contribution >= 0.6 is 0 Å².